The average Bonchev–Trinajstić information content (AvgIpc) is 3.09. The lowest BCUT2D eigenvalue weighted by molar-refractivity contribution is -0.134. The van der Waals surface area contributed by atoms with E-state index >= 15 is 0 Å². The van der Waals surface area contributed by atoms with Crippen LogP contribution in [0.1, 0.15) is 10.4 Å². The number of aromatic nitrogens is 2. The van der Waals surface area contributed by atoms with E-state index in [9.17, 15) is 13.2 Å². The van der Waals surface area contributed by atoms with Crippen molar-refractivity contribution in [2.45, 2.75) is 12.8 Å². The molecule has 5 nitrogen and oxygen atoms in total. The summed E-state index contributed by atoms with van der Waals surface area (Å²) in [5.74, 6) is 0.196. The SMILES string of the molecule is COc1cc(Oc2ccc(C(F)(F)F)s2)nc(OCc2ccccc2)n1. The van der Waals surface area contributed by atoms with Crippen LogP contribution in [0.4, 0.5) is 13.2 Å². The molecule has 0 aliphatic carbocycles. The Labute approximate surface area is 151 Å². The Bertz CT molecular complexity index is 869. The van der Waals surface area contributed by atoms with Gasteiger partial charge in [-0.05, 0) is 17.7 Å². The van der Waals surface area contributed by atoms with E-state index in [2.05, 4.69) is 9.97 Å². The number of ether oxygens (including phenoxy) is 3. The molecule has 0 unspecified atom stereocenters. The van der Waals surface area contributed by atoms with Gasteiger partial charge in [0.05, 0.1) is 13.2 Å². The van der Waals surface area contributed by atoms with Crippen molar-refractivity contribution < 1.29 is 27.4 Å². The van der Waals surface area contributed by atoms with Gasteiger partial charge in [-0.1, -0.05) is 41.7 Å². The van der Waals surface area contributed by atoms with Crippen LogP contribution < -0.4 is 14.2 Å². The van der Waals surface area contributed by atoms with E-state index in [1.165, 1.54) is 19.2 Å². The molecule has 0 saturated heterocycles. The van der Waals surface area contributed by atoms with Crippen LogP contribution in [0.3, 0.4) is 0 Å². The van der Waals surface area contributed by atoms with E-state index in [0.717, 1.165) is 11.6 Å². The number of alkyl halides is 3. The number of benzene rings is 1. The van der Waals surface area contributed by atoms with Crippen molar-refractivity contribution in [1.29, 1.82) is 0 Å². The summed E-state index contributed by atoms with van der Waals surface area (Å²) in [7, 11) is 1.40. The number of thiophene rings is 1. The maximum Gasteiger partial charge on any atom is 0.425 e. The molecular formula is C17H13F3N2O3S. The van der Waals surface area contributed by atoms with Gasteiger partial charge in [-0.15, -0.1) is 0 Å². The molecule has 0 spiro atoms. The monoisotopic (exact) mass is 382 g/mol. The smallest absolute Gasteiger partial charge is 0.425 e. The maximum atomic E-state index is 12.7. The van der Waals surface area contributed by atoms with E-state index in [1.54, 1.807) is 0 Å². The average molecular weight is 382 g/mol. The van der Waals surface area contributed by atoms with Gasteiger partial charge in [-0.3, -0.25) is 0 Å². The second kappa shape index (κ2) is 7.61. The van der Waals surface area contributed by atoms with Gasteiger partial charge in [0.1, 0.15) is 11.5 Å². The van der Waals surface area contributed by atoms with Crippen LogP contribution in [0.2, 0.25) is 0 Å². The molecule has 9 heteroatoms. The molecule has 2 aromatic heterocycles. The molecule has 0 aliphatic rings. The van der Waals surface area contributed by atoms with Crippen molar-refractivity contribution in [3.05, 3.63) is 59.0 Å². The fraction of sp³-hybridized carbons (Fsp3) is 0.176. The lowest BCUT2D eigenvalue weighted by Crippen LogP contribution is -2.02. The van der Waals surface area contributed by atoms with Crippen LogP contribution in [0.15, 0.2) is 48.5 Å². The Balaban J connectivity index is 1.75. The molecule has 0 fully saturated rings. The minimum absolute atomic E-state index is 0.00389. The van der Waals surface area contributed by atoms with E-state index in [4.69, 9.17) is 14.2 Å². The molecule has 26 heavy (non-hydrogen) atoms. The fourth-order valence-corrected chi connectivity index (χ4v) is 2.69. The summed E-state index contributed by atoms with van der Waals surface area (Å²) in [5, 5.41) is 0.0482. The minimum atomic E-state index is -4.42. The topological polar surface area (TPSA) is 53.5 Å². The van der Waals surface area contributed by atoms with Gasteiger partial charge in [0.2, 0.25) is 11.8 Å². The van der Waals surface area contributed by atoms with E-state index < -0.39 is 11.1 Å². The second-order valence-corrected chi connectivity index (χ2v) is 6.07. The standard InChI is InChI=1S/C17H13F3N2O3S/c1-23-13-9-14(25-15-8-7-12(26-15)17(18,19)20)22-16(21-13)24-10-11-5-3-2-4-6-11/h2-9H,10H2,1H3. The van der Waals surface area contributed by atoms with Gasteiger partial charge in [0.15, 0.2) is 5.06 Å². The number of hydrogen-bond acceptors (Lipinski definition) is 6. The molecule has 0 N–H and O–H groups in total. The van der Waals surface area contributed by atoms with Crippen LogP contribution in [-0.2, 0) is 12.8 Å². The largest absolute Gasteiger partial charge is 0.481 e. The quantitative estimate of drug-likeness (QED) is 0.605. The number of rotatable bonds is 6. The Hall–Kier alpha value is -2.81. The van der Waals surface area contributed by atoms with Gasteiger partial charge in [-0.25, -0.2) is 0 Å². The van der Waals surface area contributed by atoms with E-state index in [-0.39, 0.29) is 29.4 Å². The highest BCUT2D eigenvalue weighted by atomic mass is 32.1. The van der Waals surface area contributed by atoms with Crippen molar-refractivity contribution in [2.24, 2.45) is 0 Å². The highest BCUT2D eigenvalue weighted by molar-refractivity contribution is 7.13. The Kier molecular flexibility index (Phi) is 5.27. The third-order valence-corrected chi connectivity index (χ3v) is 4.15. The first-order chi connectivity index (χ1) is 12.4. The summed E-state index contributed by atoms with van der Waals surface area (Å²) in [5.41, 5.74) is 0.912. The predicted octanol–water partition coefficient (Wildman–Crippen LogP) is 4.94. The summed E-state index contributed by atoms with van der Waals surface area (Å²) in [6.07, 6.45) is -4.42. The predicted molar refractivity (Wildman–Crippen MR) is 88.8 cm³/mol. The third-order valence-electron chi connectivity index (χ3n) is 3.14. The lowest BCUT2D eigenvalue weighted by atomic mass is 10.2. The number of hydrogen-bond donors (Lipinski definition) is 0. The molecule has 0 bridgehead atoms. The molecule has 0 saturated carbocycles. The van der Waals surface area contributed by atoms with Crippen molar-refractivity contribution in [2.75, 3.05) is 7.11 Å². The van der Waals surface area contributed by atoms with Crippen molar-refractivity contribution in [3.8, 4) is 22.8 Å². The van der Waals surface area contributed by atoms with Crippen LogP contribution in [0.5, 0.6) is 22.8 Å². The molecule has 0 aliphatic heterocycles. The van der Waals surface area contributed by atoms with Crippen molar-refractivity contribution in [1.82, 2.24) is 9.97 Å². The zero-order valence-corrected chi connectivity index (χ0v) is 14.3. The highest BCUT2D eigenvalue weighted by Gasteiger charge is 2.32. The number of methoxy groups -OCH3 is 1. The molecular weight excluding hydrogens is 369 g/mol. The summed E-state index contributed by atoms with van der Waals surface area (Å²) >= 11 is 0.475. The fourth-order valence-electron chi connectivity index (χ4n) is 1.96. The number of halogens is 3. The zero-order chi connectivity index (χ0) is 18.6. The third kappa shape index (κ3) is 4.63. The molecule has 3 rings (SSSR count). The van der Waals surface area contributed by atoms with Crippen LogP contribution >= 0.6 is 11.3 Å². The Morgan fingerprint density at radius 2 is 1.73 bits per heavy atom. The van der Waals surface area contributed by atoms with E-state index in [0.29, 0.717) is 11.3 Å². The number of nitrogens with zero attached hydrogens (tertiary/aromatic N) is 2. The summed E-state index contributed by atoms with van der Waals surface area (Å²) < 4.78 is 54.0. The summed E-state index contributed by atoms with van der Waals surface area (Å²) in [6.45, 7) is 0.227. The normalized spacial score (nSPS) is 11.2. The lowest BCUT2D eigenvalue weighted by Gasteiger charge is -2.08. The molecule has 0 atom stereocenters. The highest BCUT2D eigenvalue weighted by Crippen LogP contribution is 2.39. The molecule has 0 radical (unpaired) electrons. The first kappa shape index (κ1) is 18.0. The van der Waals surface area contributed by atoms with Gasteiger partial charge >= 0.3 is 12.2 Å². The van der Waals surface area contributed by atoms with Gasteiger partial charge < -0.3 is 14.2 Å². The van der Waals surface area contributed by atoms with Crippen LogP contribution in [0, 0.1) is 0 Å². The van der Waals surface area contributed by atoms with Crippen molar-refractivity contribution >= 4 is 11.3 Å². The molecule has 1 aromatic carbocycles. The second-order valence-electron chi connectivity index (χ2n) is 5.02. The molecule has 3 aromatic rings. The first-order valence-electron chi connectivity index (χ1n) is 7.39. The Morgan fingerprint density at radius 3 is 2.38 bits per heavy atom. The van der Waals surface area contributed by atoms with Crippen molar-refractivity contribution in [3.63, 3.8) is 0 Å². The van der Waals surface area contributed by atoms with Gasteiger partial charge in [0, 0.05) is 0 Å². The zero-order valence-electron chi connectivity index (χ0n) is 13.5. The summed E-state index contributed by atoms with van der Waals surface area (Å²) in [6, 6.07) is 12.9. The van der Waals surface area contributed by atoms with E-state index in [1.807, 2.05) is 30.3 Å². The van der Waals surface area contributed by atoms with Gasteiger partial charge in [-0.2, -0.15) is 23.1 Å². The van der Waals surface area contributed by atoms with Gasteiger partial charge in [0.25, 0.3) is 0 Å². The molecule has 0 amide bonds. The Morgan fingerprint density at radius 1 is 1.00 bits per heavy atom. The first-order valence-corrected chi connectivity index (χ1v) is 8.20. The van der Waals surface area contributed by atoms with Crippen LogP contribution in [-0.4, -0.2) is 17.1 Å². The van der Waals surface area contributed by atoms with Crippen LogP contribution in [0.25, 0.3) is 0 Å². The minimum Gasteiger partial charge on any atom is -0.481 e. The molecule has 2 heterocycles. The maximum absolute atomic E-state index is 12.7. The summed E-state index contributed by atoms with van der Waals surface area (Å²) in [4.78, 5) is 7.34. The molecule has 136 valence electrons.